The molecule has 0 fully saturated rings. The first-order valence-electron chi connectivity index (χ1n) is 5.73. The Balaban J connectivity index is 2.18. The number of ether oxygens (including phenoxy) is 1. The summed E-state index contributed by atoms with van der Waals surface area (Å²) >= 11 is 0. The zero-order valence-corrected chi connectivity index (χ0v) is 9.81. The minimum Gasteiger partial charge on any atom is -0.383 e. The Hall–Kier alpha value is -1.81. The molecule has 4 nitrogen and oxygen atoms in total. The van der Waals surface area contributed by atoms with Crippen molar-refractivity contribution in [1.29, 1.82) is 0 Å². The van der Waals surface area contributed by atoms with Gasteiger partial charge in [-0.05, 0) is 23.1 Å². The summed E-state index contributed by atoms with van der Waals surface area (Å²) in [5.41, 5.74) is 10.8. The fraction of sp³-hybridized carbons (Fsp3) is 0.308. The molecule has 17 heavy (non-hydrogen) atoms. The van der Waals surface area contributed by atoms with Gasteiger partial charge in [-0.2, -0.15) is 5.10 Å². The maximum Gasteiger partial charge on any atom is 0.129 e. The number of anilines is 1. The quantitative estimate of drug-likeness (QED) is 0.810. The summed E-state index contributed by atoms with van der Waals surface area (Å²) in [6.07, 6.45) is 2.79. The Morgan fingerprint density at radius 2 is 2.24 bits per heavy atom. The van der Waals surface area contributed by atoms with E-state index in [9.17, 15) is 0 Å². The Kier molecular flexibility index (Phi) is 2.37. The van der Waals surface area contributed by atoms with E-state index in [1.165, 1.54) is 11.1 Å². The lowest BCUT2D eigenvalue weighted by atomic mass is 9.94. The van der Waals surface area contributed by atoms with Crippen LogP contribution in [0.25, 0.3) is 11.1 Å². The fourth-order valence-corrected chi connectivity index (χ4v) is 2.30. The number of benzene rings is 1. The van der Waals surface area contributed by atoms with Crippen LogP contribution in [0.15, 0.2) is 24.4 Å². The van der Waals surface area contributed by atoms with Crippen LogP contribution in [0.5, 0.6) is 0 Å². The molecule has 1 aromatic heterocycles. The highest BCUT2D eigenvalue weighted by Crippen LogP contribution is 2.32. The van der Waals surface area contributed by atoms with Gasteiger partial charge in [-0.25, -0.2) is 0 Å². The van der Waals surface area contributed by atoms with Crippen LogP contribution >= 0.6 is 0 Å². The number of hydrogen-bond acceptors (Lipinski definition) is 3. The van der Waals surface area contributed by atoms with Crippen LogP contribution < -0.4 is 5.73 Å². The van der Waals surface area contributed by atoms with Crippen molar-refractivity contribution in [3.8, 4) is 11.1 Å². The molecule has 88 valence electrons. The van der Waals surface area contributed by atoms with Gasteiger partial charge in [0.2, 0.25) is 0 Å². The van der Waals surface area contributed by atoms with E-state index in [-0.39, 0.29) is 0 Å². The molecule has 0 radical (unpaired) electrons. The zero-order valence-electron chi connectivity index (χ0n) is 9.81. The number of aromatic nitrogens is 2. The van der Waals surface area contributed by atoms with E-state index in [1.807, 2.05) is 13.2 Å². The van der Waals surface area contributed by atoms with Gasteiger partial charge in [-0.3, -0.25) is 4.68 Å². The Morgan fingerprint density at radius 1 is 1.35 bits per heavy atom. The van der Waals surface area contributed by atoms with Gasteiger partial charge >= 0.3 is 0 Å². The second kappa shape index (κ2) is 3.89. The van der Waals surface area contributed by atoms with E-state index >= 15 is 0 Å². The fourth-order valence-electron chi connectivity index (χ4n) is 2.30. The molecule has 4 heteroatoms. The molecule has 2 heterocycles. The van der Waals surface area contributed by atoms with Gasteiger partial charge in [0.05, 0.1) is 19.4 Å². The predicted octanol–water partition coefficient (Wildman–Crippen LogP) is 1.74. The molecule has 0 spiro atoms. The van der Waals surface area contributed by atoms with Crippen LogP contribution in [0, 0.1) is 0 Å². The minimum atomic E-state index is 0.667. The topological polar surface area (TPSA) is 53.1 Å². The van der Waals surface area contributed by atoms with E-state index in [4.69, 9.17) is 10.5 Å². The summed E-state index contributed by atoms with van der Waals surface area (Å²) in [4.78, 5) is 0. The van der Waals surface area contributed by atoms with Crippen molar-refractivity contribution in [2.24, 2.45) is 7.05 Å². The number of nitrogen functional groups attached to an aromatic ring is 1. The van der Waals surface area contributed by atoms with Gasteiger partial charge in [0.25, 0.3) is 0 Å². The molecule has 2 aromatic rings. The highest BCUT2D eigenvalue weighted by molar-refractivity contribution is 5.77. The first-order chi connectivity index (χ1) is 8.27. The lowest BCUT2D eigenvalue weighted by molar-refractivity contribution is 0.111. The highest BCUT2D eigenvalue weighted by Gasteiger charge is 2.17. The average molecular weight is 229 g/mol. The summed E-state index contributed by atoms with van der Waals surface area (Å²) in [6, 6.07) is 6.32. The third-order valence-corrected chi connectivity index (χ3v) is 3.31. The molecule has 3 rings (SSSR count). The summed E-state index contributed by atoms with van der Waals surface area (Å²) < 4.78 is 7.23. The Labute approximate surface area is 100 Å². The number of fused-ring (bicyclic) bond motifs is 1. The number of hydrogen-bond donors (Lipinski definition) is 1. The maximum atomic E-state index is 6.03. The zero-order chi connectivity index (χ0) is 11.8. The minimum absolute atomic E-state index is 0.667. The van der Waals surface area contributed by atoms with Crippen LogP contribution in [-0.4, -0.2) is 16.4 Å². The molecule has 0 aliphatic carbocycles. The van der Waals surface area contributed by atoms with E-state index in [1.54, 1.807) is 4.68 Å². The summed E-state index contributed by atoms with van der Waals surface area (Å²) in [7, 11) is 1.85. The summed E-state index contributed by atoms with van der Waals surface area (Å²) in [5.74, 6) is 0.698. The molecular formula is C13H15N3O. The van der Waals surface area contributed by atoms with Gasteiger partial charge < -0.3 is 10.5 Å². The summed E-state index contributed by atoms with van der Waals surface area (Å²) in [6.45, 7) is 1.47. The Morgan fingerprint density at radius 3 is 3.00 bits per heavy atom. The van der Waals surface area contributed by atoms with Crippen molar-refractivity contribution in [2.75, 3.05) is 12.3 Å². The van der Waals surface area contributed by atoms with Gasteiger partial charge in [0.15, 0.2) is 0 Å². The van der Waals surface area contributed by atoms with Gasteiger partial charge in [-0.1, -0.05) is 18.2 Å². The van der Waals surface area contributed by atoms with Crippen molar-refractivity contribution in [3.63, 3.8) is 0 Å². The lowest BCUT2D eigenvalue weighted by Gasteiger charge is -2.19. The molecule has 1 aliphatic heterocycles. The molecule has 0 atom stereocenters. The van der Waals surface area contributed by atoms with E-state index in [0.29, 0.717) is 12.4 Å². The molecule has 0 saturated heterocycles. The van der Waals surface area contributed by atoms with E-state index < -0.39 is 0 Å². The molecule has 1 aliphatic rings. The van der Waals surface area contributed by atoms with Crippen LogP contribution in [0.1, 0.15) is 11.1 Å². The molecule has 2 N–H and O–H groups in total. The smallest absolute Gasteiger partial charge is 0.129 e. The largest absolute Gasteiger partial charge is 0.383 e. The van der Waals surface area contributed by atoms with Crippen molar-refractivity contribution in [1.82, 2.24) is 9.78 Å². The number of rotatable bonds is 1. The van der Waals surface area contributed by atoms with Crippen LogP contribution in [0.2, 0.25) is 0 Å². The second-order valence-corrected chi connectivity index (χ2v) is 4.31. The maximum absolute atomic E-state index is 6.03. The molecule has 0 amide bonds. The predicted molar refractivity (Wildman–Crippen MR) is 66.4 cm³/mol. The van der Waals surface area contributed by atoms with Crippen molar-refractivity contribution >= 4 is 5.82 Å². The number of nitrogens with zero attached hydrogens (tertiary/aromatic N) is 2. The number of aryl methyl sites for hydroxylation is 1. The number of nitrogens with two attached hydrogens (primary N) is 1. The SMILES string of the molecule is Cn1ncc(-c2cccc3c2COCC3)c1N. The third kappa shape index (κ3) is 1.61. The molecular weight excluding hydrogens is 214 g/mol. The van der Waals surface area contributed by atoms with Crippen molar-refractivity contribution in [3.05, 3.63) is 35.5 Å². The van der Waals surface area contributed by atoms with Gasteiger partial charge in [0, 0.05) is 12.6 Å². The normalized spacial score (nSPS) is 14.6. The van der Waals surface area contributed by atoms with E-state index in [0.717, 1.165) is 24.2 Å². The molecule has 1 aromatic carbocycles. The summed E-state index contributed by atoms with van der Waals surface area (Å²) in [5, 5.41) is 4.19. The first kappa shape index (κ1) is 10.4. The molecule has 0 unspecified atom stereocenters. The monoisotopic (exact) mass is 229 g/mol. The van der Waals surface area contributed by atoms with Crippen LogP contribution in [0.3, 0.4) is 0 Å². The second-order valence-electron chi connectivity index (χ2n) is 4.31. The van der Waals surface area contributed by atoms with Crippen molar-refractivity contribution < 1.29 is 4.74 Å². The third-order valence-electron chi connectivity index (χ3n) is 3.31. The van der Waals surface area contributed by atoms with Crippen LogP contribution in [-0.2, 0) is 24.8 Å². The average Bonchev–Trinajstić information content (AvgIpc) is 2.69. The molecule has 0 bridgehead atoms. The van der Waals surface area contributed by atoms with Gasteiger partial charge in [-0.15, -0.1) is 0 Å². The van der Waals surface area contributed by atoms with E-state index in [2.05, 4.69) is 23.3 Å². The Bertz CT molecular complexity index is 560. The van der Waals surface area contributed by atoms with Crippen LogP contribution in [0.4, 0.5) is 5.82 Å². The van der Waals surface area contributed by atoms with Crippen molar-refractivity contribution in [2.45, 2.75) is 13.0 Å². The highest BCUT2D eigenvalue weighted by atomic mass is 16.5. The molecule has 0 saturated carbocycles. The van der Waals surface area contributed by atoms with Gasteiger partial charge in [0.1, 0.15) is 5.82 Å². The first-order valence-corrected chi connectivity index (χ1v) is 5.73. The lowest BCUT2D eigenvalue weighted by Crippen LogP contribution is -2.11. The standard InChI is InChI=1S/C13H15N3O/c1-16-13(14)11(7-15-16)10-4-2-3-9-5-6-17-8-12(9)10/h2-4,7H,5-6,8,14H2,1H3.